The van der Waals surface area contributed by atoms with Crippen LogP contribution in [0, 0.1) is 0 Å². The van der Waals surface area contributed by atoms with E-state index in [4.69, 9.17) is 10.5 Å². The number of fused-ring (bicyclic) bond motifs is 3. The van der Waals surface area contributed by atoms with Gasteiger partial charge in [-0.05, 0) is 48.1 Å². The van der Waals surface area contributed by atoms with E-state index in [1.807, 2.05) is 48.5 Å². The molecule has 0 saturated carbocycles. The number of carbonyl (C=O) groups excluding carboxylic acids is 18. The first kappa shape index (κ1) is 83.2. The lowest BCUT2D eigenvalue weighted by Crippen LogP contribution is -2.54. The van der Waals surface area contributed by atoms with Crippen LogP contribution in [0.3, 0.4) is 0 Å². The molecule has 0 unspecified atom stereocenters. The summed E-state index contributed by atoms with van der Waals surface area (Å²) in [5.41, 5.74) is 9.45. The van der Waals surface area contributed by atoms with Crippen LogP contribution in [0.2, 0.25) is 0 Å². The maximum absolute atomic E-state index is 12.5. The molecule has 0 heterocycles. The van der Waals surface area contributed by atoms with Crippen molar-refractivity contribution in [1.82, 2.24) is 95.7 Å². The summed E-state index contributed by atoms with van der Waals surface area (Å²) in [7, 11) is 0. The number of carbonyl (C=O) groups is 19. The average molecular weight is 1430 g/mol. The van der Waals surface area contributed by atoms with Gasteiger partial charge in [-0.3, -0.25) is 81.5 Å². The molecule has 2 aromatic rings. The highest BCUT2D eigenvalue weighted by Gasteiger charge is 2.31. The SMILES string of the molecule is NCCCC[C@H](NC(=O)[C@H](CO)NC(=O)CNC(=O)CNC(=O)CNC(=O)CNC(=O)[C@H](CO)NC(=O)CNC(=O)CNC(=O)CNC(=O)CNC(=O)[C@H](CO)NC(=O)CNC(=O)CNC(=O)CNC(=O)CNC(=O)CNC(=O)CNC(=O)OCC1c2ccccc2-c2ccccc21)C(=O)O. The molecule has 0 fully saturated rings. The number of aliphatic carboxylic acids is 1. The lowest BCUT2D eigenvalue weighted by atomic mass is 9.98. The molecule has 0 spiro atoms. The van der Waals surface area contributed by atoms with Gasteiger partial charge in [0.1, 0.15) is 37.3 Å². The minimum absolute atomic E-state index is 0.0165. The smallest absolute Gasteiger partial charge is 0.407 e. The van der Waals surface area contributed by atoms with E-state index in [0.29, 0.717) is 19.4 Å². The van der Waals surface area contributed by atoms with Gasteiger partial charge in [-0.15, -0.1) is 0 Å². The highest BCUT2D eigenvalue weighted by Crippen LogP contribution is 2.44. The number of amides is 18. The molecule has 4 atom stereocenters. The van der Waals surface area contributed by atoms with E-state index in [2.05, 4.69) is 95.7 Å². The summed E-state index contributed by atoms with van der Waals surface area (Å²) in [6, 6.07) is 9.28. The molecule has 0 aromatic heterocycles. The van der Waals surface area contributed by atoms with Gasteiger partial charge in [-0.25, -0.2) is 9.59 Å². The molecule has 43 heteroatoms. The van der Waals surface area contributed by atoms with Crippen LogP contribution in [0.15, 0.2) is 48.5 Å². The highest BCUT2D eigenvalue weighted by molar-refractivity contribution is 5.97. The van der Waals surface area contributed by atoms with Crippen LogP contribution >= 0.6 is 0 Å². The van der Waals surface area contributed by atoms with Crippen LogP contribution < -0.4 is 101 Å². The molecule has 43 nitrogen and oxygen atoms in total. The van der Waals surface area contributed by atoms with Gasteiger partial charge in [-0.1, -0.05) is 48.5 Å². The summed E-state index contributed by atoms with van der Waals surface area (Å²) in [6.07, 6.45) is 0.0557. The molecule has 1 aliphatic carbocycles. The highest BCUT2D eigenvalue weighted by atomic mass is 16.5. The van der Waals surface area contributed by atoms with Crippen LogP contribution in [0.4, 0.5) is 4.79 Å². The van der Waals surface area contributed by atoms with Gasteiger partial charge >= 0.3 is 12.1 Å². The Kier molecular flexibility index (Phi) is 37.5. The predicted molar refractivity (Wildman–Crippen MR) is 342 cm³/mol. The van der Waals surface area contributed by atoms with E-state index in [1.54, 1.807) is 0 Å². The lowest BCUT2D eigenvalue weighted by molar-refractivity contribution is -0.142. The van der Waals surface area contributed by atoms with Crippen molar-refractivity contribution >= 4 is 112 Å². The molecule has 1 aliphatic rings. The number of alkyl carbamates (subject to hydrolysis) is 1. The van der Waals surface area contributed by atoms with Gasteiger partial charge in [0.05, 0.1) is 105 Å². The van der Waals surface area contributed by atoms with Gasteiger partial charge in [-0.2, -0.15) is 0 Å². The third-order valence-corrected chi connectivity index (χ3v) is 13.6. The van der Waals surface area contributed by atoms with Crippen molar-refractivity contribution in [2.45, 2.75) is 49.3 Å². The Labute approximate surface area is 573 Å². The molecule has 3 rings (SSSR count). The first-order valence-electron chi connectivity index (χ1n) is 30.7. The Bertz CT molecular complexity index is 3290. The number of aliphatic hydroxyl groups excluding tert-OH is 3. The number of rotatable bonds is 45. The Morgan fingerprint density at radius 2 is 0.604 bits per heavy atom. The summed E-state index contributed by atoms with van der Waals surface area (Å²) in [5.74, 6) is -17.4. The Morgan fingerprint density at radius 1 is 0.337 bits per heavy atom. The number of aliphatic hydroxyl groups is 3. The van der Waals surface area contributed by atoms with Crippen LogP contribution in [0.1, 0.15) is 36.3 Å². The number of hydrogen-bond acceptors (Lipinski definition) is 24. The molecule has 2 aromatic carbocycles. The van der Waals surface area contributed by atoms with Crippen LogP contribution in [0.5, 0.6) is 0 Å². The topological polar surface area (TPSA) is 657 Å². The molecule has 101 heavy (non-hydrogen) atoms. The summed E-state index contributed by atoms with van der Waals surface area (Å²) >= 11 is 0. The summed E-state index contributed by atoms with van der Waals surface area (Å²) in [6.45, 7) is -12.3. The number of unbranched alkanes of at least 4 members (excludes halogenated alkanes) is 1. The number of nitrogens with two attached hydrogens (primary N) is 1. The van der Waals surface area contributed by atoms with Crippen molar-refractivity contribution in [2.24, 2.45) is 5.73 Å². The van der Waals surface area contributed by atoms with Crippen LogP contribution in [0.25, 0.3) is 11.1 Å². The second kappa shape index (κ2) is 45.5. The second-order valence-corrected chi connectivity index (χ2v) is 21.3. The number of carboxylic acid groups (broad SMARTS) is 1. The minimum Gasteiger partial charge on any atom is -0.480 e. The Balaban J connectivity index is 1.18. The van der Waals surface area contributed by atoms with Crippen molar-refractivity contribution < 1.29 is 116 Å². The van der Waals surface area contributed by atoms with Crippen molar-refractivity contribution in [3.63, 3.8) is 0 Å². The molecule has 18 amide bonds. The number of hydrogen-bond donors (Lipinski definition) is 23. The maximum Gasteiger partial charge on any atom is 0.407 e. The van der Waals surface area contributed by atoms with E-state index < -0.39 is 248 Å². The van der Waals surface area contributed by atoms with Crippen molar-refractivity contribution in [3.8, 4) is 11.1 Å². The quantitative estimate of drug-likeness (QED) is 0.0274. The fourth-order valence-corrected chi connectivity index (χ4v) is 8.38. The number of benzene rings is 2. The second-order valence-electron chi connectivity index (χ2n) is 21.3. The molecule has 24 N–H and O–H groups in total. The van der Waals surface area contributed by atoms with E-state index in [0.717, 1.165) is 22.3 Å². The van der Waals surface area contributed by atoms with Gasteiger partial charge in [0.15, 0.2) is 0 Å². The Morgan fingerprint density at radius 3 is 0.891 bits per heavy atom. The number of ether oxygens (including phenoxy) is 1. The first-order chi connectivity index (χ1) is 48.2. The van der Waals surface area contributed by atoms with E-state index >= 15 is 0 Å². The summed E-state index contributed by atoms with van der Waals surface area (Å²) in [5, 5.41) is 76.7. The van der Waals surface area contributed by atoms with Crippen molar-refractivity contribution in [3.05, 3.63) is 59.7 Å². The molecule has 552 valence electrons. The normalized spacial score (nSPS) is 12.0. The van der Waals surface area contributed by atoms with Crippen molar-refractivity contribution in [2.75, 3.05) is 125 Å². The minimum atomic E-state index is -1.65. The van der Waals surface area contributed by atoms with Gasteiger partial charge in [0.2, 0.25) is 100 Å². The lowest BCUT2D eigenvalue weighted by Gasteiger charge is -2.20. The van der Waals surface area contributed by atoms with Crippen LogP contribution in [-0.4, -0.2) is 282 Å². The van der Waals surface area contributed by atoms with Gasteiger partial charge < -0.3 is 127 Å². The standard InChI is InChI=1S/C58H81N19O24/c59-12-6-5-11-36(57(98)99)77-56(97)39(29-80)76-53(94)26-70-47(88)20-64-43(84)16-66-49(90)22-72-55(96)38(28-79)75-52(93)25-69-46(87)19-63-42(83)15-65-48(89)21-71-54(95)37(27-78)74-51(92)24-68-45(86)18-62-41(82)14-60-40(81)13-61-44(85)17-67-50(91)23-73-58(100)101-30-35-33-9-3-1-7-31(33)32-8-2-4-10-34(32)35/h1-4,7-10,35-39,78-80H,5-6,11-30,59H2,(H,60,81)(H,61,85)(H,62,82)(H,63,83)(H,64,84)(H,65,89)(H,66,90)(H,67,91)(H,68,86)(H,69,87)(H,70,88)(H,71,95)(H,72,96)(H,73,100)(H,74,92)(H,75,93)(H,76,94)(H,77,97)(H,98,99)/t36-,37-,38-,39-/m0/s1. The van der Waals surface area contributed by atoms with Crippen molar-refractivity contribution in [1.29, 1.82) is 0 Å². The fourth-order valence-electron chi connectivity index (χ4n) is 8.38. The third-order valence-electron chi connectivity index (χ3n) is 13.6. The molecule has 0 bridgehead atoms. The number of carboxylic acids is 1. The van der Waals surface area contributed by atoms with E-state index in [1.165, 1.54) is 0 Å². The Hall–Kier alpha value is -12.0. The van der Waals surface area contributed by atoms with E-state index in [9.17, 15) is 112 Å². The molecule has 0 aliphatic heterocycles. The summed E-state index contributed by atoms with van der Waals surface area (Å²) < 4.78 is 5.37. The molecule has 0 radical (unpaired) electrons. The third kappa shape index (κ3) is 33.2. The average Bonchev–Trinajstić information content (AvgIpc) is 1.62. The van der Waals surface area contributed by atoms with Crippen LogP contribution in [-0.2, 0) is 91.0 Å². The van der Waals surface area contributed by atoms with E-state index in [-0.39, 0.29) is 18.9 Å². The monoisotopic (exact) mass is 1430 g/mol. The van der Waals surface area contributed by atoms with Gasteiger partial charge in [0, 0.05) is 5.92 Å². The fraction of sp³-hybridized carbons (Fsp3) is 0.466. The first-order valence-corrected chi connectivity index (χ1v) is 30.7. The number of nitrogens with one attached hydrogen (secondary N) is 18. The molecule has 0 saturated heterocycles. The zero-order valence-corrected chi connectivity index (χ0v) is 54.1. The molecular formula is C58H81N19O24. The maximum atomic E-state index is 12.5. The summed E-state index contributed by atoms with van der Waals surface area (Å²) in [4.78, 5) is 232. The predicted octanol–water partition coefficient (Wildman–Crippen LogP) is -13.8. The van der Waals surface area contributed by atoms with Gasteiger partial charge in [0.25, 0.3) is 0 Å². The molecular weight excluding hydrogens is 1350 g/mol. The zero-order chi connectivity index (χ0) is 74.8. The zero-order valence-electron chi connectivity index (χ0n) is 54.1. The largest absolute Gasteiger partial charge is 0.480 e.